The lowest BCUT2D eigenvalue weighted by Gasteiger charge is -2.25. The fraction of sp³-hybridized carbons (Fsp3) is 0.692. The van der Waals surface area contributed by atoms with Crippen LogP contribution in [0.3, 0.4) is 0 Å². The maximum atomic E-state index is 5.55. The molecule has 0 aliphatic rings. The van der Waals surface area contributed by atoms with E-state index in [1.165, 1.54) is 11.3 Å². The number of rotatable bonds is 8. The summed E-state index contributed by atoms with van der Waals surface area (Å²) in [5.41, 5.74) is 0. The number of nitrogens with one attached hydrogen (secondary N) is 1. The summed E-state index contributed by atoms with van der Waals surface area (Å²) >= 11 is 1.84. The van der Waals surface area contributed by atoms with Gasteiger partial charge in [-0.3, -0.25) is 0 Å². The van der Waals surface area contributed by atoms with E-state index in [2.05, 4.69) is 29.8 Å². The lowest BCUT2D eigenvalue weighted by Crippen LogP contribution is -2.39. The first-order chi connectivity index (χ1) is 7.81. The van der Waals surface area contributed by atoms with E-state index < -0.39 is 0 Å². The summed E-state index contributed by atoms with van der Waals surface area (Å²) in [6.45, 7) is 2.21. The van der Waals surface area contributed by atoms with E-state index in [1.807, 2.05) is 25.5 Å². The molecule has 2 unspecified atom stereocenters. The van der Waals surface area contributed by atoms with Crippen LogP contribution in [0.1, 0.15) is 31.1 Å². The normalized spacial score (nSPS) is 14.9. The second-order valence-electron chi connectivity index (χ2n) is 4.08. The predicted molar refractivity (Wildman–Crippen MR) is 71.2 cm³/mol. The van der Waals surface area contributed by atoms with Crippen molar-refractivity contribution in [1.82, 2.24) is 5.32 Å². The molecule has 92 valence electrons. The van der Waals surface area contributed by atoms with Crippen molar-refractivity contribution in [3.05, 3.63) is 22.4 Å². The van der Waals surface area contributed by atoms with Crippen LogP contribution in [0.25, 0.3) is 0 Å². The van der Waals surface area contributed by atoms with E-state index in [4.69, 9.17) is 4.74 Å². The molecule has 16 heavy (non-hydrogen) atoms. The smallest absolute Gasteiger partial charge is 0.0724 e. The van der Waals surface area contributed by atoms with Gasteiger partial charge in [0.15, 0.2) is 0 Å². The average molecular weight is 241 g/mol. The number of aryl methyl sites for hydroxylation is 1. The van der Waals surface area contributed by atoms with E-state index in [0.29, 0.717) is 12.1 Å². The van der Waals surface area contributed by atoms with Gasteiger partial charge < -0.3 is 10.1 Å². The standard InChI is InChI=1S/C13H23NOS/c1-4-6-13(15-3)12(14-2)9-8-11-7-5-10-16-11/h5,7,10,12-14H,4,6,8-9H2,1-3H3. The zero-order chi connectivity index (χ0) is 11.8. The molecule has 0 bridgehead atoms. The highest BCUT2D eigenvalue weighted by atomic mass is 32.1. The molecule has 0 spiro atoms. The van der Waals surface area contributed by atoms with Gasteiger partial charge in [0.1, 0.15) is 0 Å². The first kappa shape index (κ1) is 13.7. The van der Waals surface area contributed by atoms with Crippen LogP contribution in [0, 0.1) is 0 Å². The highest BCUT2D eigenvalue weighted by molar-refractivity contribution is 7.09. The molecule has 1 rings (SSSR count). The molecule has 0 saturated heterocycles. The van der Waals surface area contributed by atoms with Gasteiger partial charge >= 0.3 is 0 Å². The maximum absolute atomic E-state index is 5.55. The molecule has 0 radical (unpaired) electrons. The maximum Gasteiger partial charge on any atom is 0.0724 e. The van der Waals surface area contributed by atoms with Gasteiger partial charge in [0, 0.05) is 18.0 Å². The van der Waals surface area contributed by atoms with Gasteiger partial charge in [0.2, 0.25) is 0 Å². The van der Waals surface area contributed by atoms with Crippen LogP contribution < -0.4 is 5.32 Å². The lowest BCUT2D eigenvalue weighted by molar-refractivity contribution is 0.0607. The third-order valence-electron chi connectivity index (χ3n) is 2.98. The molecule has 2 atom stereocenters. The molecule has 0 amide bonds. The summed E-state index contributed by atoms with van der Waals surface area (Å²) in [6, 6.07) is 4.79. The molecule has 0 aromatic carbocycles. The summed E-state index contributed by atoms with van der Waals surface area (Å²) in [7, 11) is 3.84. The van der Waals surface area contributed by atoms with Gasteiger partial charge in [-0.1, -0.05) is 19.4 Å². The molecule has 1 aromatic heterocycles. The monoisotopic (exact) mass is 241 g/mol. The van der Waals surface area contributed by atoms with Gasteiger partial charge in [-0.15, -0.1) is 11.3 Å². The summed E-state index contributed by atoms with van der Waals surface area (Å²) in [5.74, 6) is 0. The fourth-order valence-electron chi connectivity index (χ4n) is 2.04. The average Bonchev–Trinajstić information content (AvgIpc) is 2.81. The minimum absolute atomic E-state index is 0.343. The van der Waals surface area contributed by atoms with E-state index in [0.717, 1.165) is 19.3 Å². The Hall–Kier alpha value is -0.380. The van der Waals surface area contributed by atoms with Crippen LogP contribution in [0.2, 0.25) is 0 Å². The first-order valence-corrected chi connectivity index (χ1v) is 6.92. The molecule has 1 heterocycles. The zero-order valence-electron chi connectivity index (χ0n) is 10.5. The van der Waals surface area contributed by atoms with Crippen LogP contribution in [0.15, 0.2) is 17.5 Å². The first-order valence-electron chi connectivity index (χ1n) is 6.04. The number of likely N-dealkylation sites (N-methyl/N-ethyl adjacent to an activating group) is 1. The highest BCUT2D eigenvalue weighted by Gasteiger charge is 2.18. The van der Waals surface area contributed by atoms with Gasteiger partial charge in [-0.05, 0) is 37.8 Å². The second-order valence-corrected chi connectivity index (χ2v) is 5.11. The Bertz CT molecular complexity index is 261. The Kier molecular flexibility index (Phi) is 6.69. The number of hydrogen-bond donors (Lipinski definition) is 1. The Morgan fingerprint density at radius 3 is 2.75 bits per heavy atom. The molecule has 2 nitrogen and oxygen atoms in total. The Labute approximate surface area is 103 Å². The van der Waals surface area contributed by atoms with E-state index >= 15 is 0 Å². The molecular formula is C13H23NOS. The molecule has 1 aromatic rings. The third kappa shape index (κ3) is 4.24. The Morgan fingerprint density at radius 1 is 1.44 bits per heavy atom. The largest absolute Gasteiger partial charge is 0.380 e. The number of hydrogen-bond acceptors (Lipinski definition) is 3. The number of methoxy groups -OCH3 is 1. The van der Waals surface area contributed by atoms with Crippen molar-refractivity contribution in [3.8, 4) is 0 Å². The van der Waals surface area contributed by atoms with Crippen molar-refractivity contribution >= 4 is 11.3 Å². The number of ether oxygens (including phenoxy) is 1. The van der Waals surface area contributed by atoms with E-state index in [9.17, 15) is 0 Å². The number of thiophene rings is 1. The molecular weight excluding hydrogens is 218 g/mol. The topological polar surface area (TPSA) is 21.3 Å². The zero-order valence-corrected chi connectivity index (χ0v) is 11.3. The molecule has 0 aliphatic carbocycles. The predicted octanol–water partition coefficient (Wildman–Crippen LogP) is 3.08. The van der Waals surface area contributed by atoms with Crippen molar-refractivity contribution in [3.63, 3.8) is 0 Å². The van der Waals surface area contributed by atoms with Crippen LogP contribution in [-0.4, -0.2) is 26.3 Å². The SMILES string of the molecule is CCCC(OC)C(CCc1cccs1)NC. The minimum atomic E-state index is 0.343. The Balaban J connectivity index is 2.40. The molecule has 0 saturated carbocycles. The Morgan fingerprint density at radius 2 is 2.25 bits per heavy atom. The van der Waals surface area contributed by atoms with Crippen molar-refractivity contribution < 1.29 is 4.74 Å². The lowest BCUT2D eigenvalue weighted by atomic mass is 10.0. The quantitative estimate of drug-likeness (QED) is 0.755. The van der Waals surface area contributed by atoms with Crippen LogP contribution in [0.4, 0.5) is 0 Å². The minimum Gasteiger partial charge on any atom is -0.380 e. The molecule has 3 heteroatoms. The fourth-order valence-corrected chi connectivity index (χ4v) is 2.76. The van der Waals surface area contributed by atoms with E-state index in [1.54, 1.807) is 0 Å². The van der Waals surface area contributed by atoms with Gasteiger partial charge in [0.25, 0.3) is 0 Å². The van der Waals surface area contributed by atoms with Crippen molar-refractivity contribution in [2.24, 2.45) is 0 Å². The van der Waals surface area contributed by atoms with E-state index in [-0.39, 0.29) is 0 Å². The summed E-state index contributed by atoms with van der Waals surface area (Å²) in [6.07, 6.45) is 4.94. The summed E-state index contributed by atoms with van der Waals surface area (Å²) in [4.78, 5) is 1.46. The van der Waals surface area contributed by atoms with Gasteiger partial charge in [-0.2, -0.15) is 0 Å². The molecule has 1 N–H and O–H groups in total. The van der Waals surface area contributed by atoms with Crippen LogP contribution in [-0.2, 0) is 11.2 Å². The summed E-state index contributed by atoms with van der Waals surface area (Å²) in [5, 5.41) is 5.52. The van der Waals surface area contributed by atoms with Gasteiger partial charge in [-0.25, -0.2) is 0 Å². The van der Waals surface area contributed by atoms with Crippen LogP contribution >= 0.6 is 11.3 Å². The van der Waals surface area contributed by atoms with Crippen molar-refractivity contribution in [1.29, 1.82) is 0 Å². The van der Waals surface area contributed by atoms with Gasteiger partial charge in [0.05, 0.1) is 6.10 Å². The molecule has 0 aliphatic heterocycles. The van der Waals surface area contributed by atoms with Crippen LogP contribution in [0.5, 0.6) is 0 Å². The van der Waals surface area contributed by atoms with Crippen molar-refractivity contribution in [2.75, 3.05) is 14.2 Å². The highest BCUT2D eigenvalue weighted by Crippen LogP contribution is 2.16. The molecule has 0 fully saturated rings. The second kappa shape index (κ2) is 7.82. The third-order valence-corrected chi connectivity index (χ3v) is 3.91. The summed E-state index contributed by atoms with van der Waals surface area (Å²) < 4.78 is 5.55. The van der Waals surface area contributed by atoms with Crippen molar-refractivity contribution in [2.45, 2.75) is 44.8 Å².